The molecular weight excluding hydrogens is 408 g/mol. The van der Waals surface area contributed by atoms with Crippen molar-refractivity contribution in [1.82, 2.24) is 0 Å². The predicted molar refractivity (Wildman–Crippen MR) is 102 cm³/mol. The van der Waals surface area contributed by atoms with Gasteiger partial charge in [0.05, 0.1) is 24.2 Å². The molecule has 2 aliphatic carbocycles. The summed E-state index contributed by atoms with van der Waals surface area (Å²) in [6.45, 7) is 6.29. The van der Waals surface area contributed by atoms with Crippen LogP contribution >= 0.6 is 0 Å². The van der Waals surface area contributed by atoms with Gasteiger partial charge in [0.25, 0.3) is 5.97 Å². The summed E-state index contributed by atoms with van der Waals surface area (Å²) in [6, 6.07) is 0. The van der Waals surface area contributed by atoms with Gasteiger partial charge >= 0.3 is 5.97 Å². The summed E-state index contributed by atoms with van der Waals surface area (Å²) in [5, 5.41) is 31.0. The van der Waals surface area contributed by atoms with Crippen LogP contribution in [0.25, 0.3) is 0 Å². The van der Waals surface area contributed by atoms with E-state index in [2.05, 4.69) is 13.8 Å². The quantitative estimate of drug-likeness (QED) is 0.322. The summed E-state index contributed by atoms with van der Waals surface area (Å²) in [6.07, 6.45) is 0.228. The van der Waals surface area contributed by atoms with E-state index in [1.807, 2.05) is 0 Å². The summed E-state index contributed by atoms with van der Waals surface area (Å²) in [4.78, 5) is 12.0. The molecule has 7 aliphatic rings. The van der Waals surface area contributed by atoms with Crippen LogP contribution in [0.15, 0.2) is 0 Å². The molecule has 9 heteroatoms. The van der Waals surface area contributed by atoms with Crippen LogP contribution in [0.4, 0.5) is 0 Å². The van der Waals surface area contributed by atoms with E-state index in [0.717, 1.165) is 6.42 Å². The summed E-state index contributed by atoms with van der Waals surface area (Å²) < 4.78 is 29.5. The standard InChI is InChI=1S/C22H32O9/c1-10-4-16(28-11(2)23)22-14(6-13(29-18(22)24)8-20(22)9-27-20)19(10,3)15-5-12-7-21(25,26)31-17(12)30-15/h10,12-18,24-26H,4-9H2,1-3H3/t10-,12+,13-,14-,15+,16+,17-,18+,19+,20+,22+/m1/s1. The number of carbonyl (C=O) groups is 1. The summed E-state index contributed by atoms with van der Waals surface area (Å²) in [7, 11) is 0. The zero-order valence-electron chi connectivity index (χ0n) is 18.2. The maximum Gasteiger partial charge on any atom is 0.302 e. The zero-order valence-corrected chi connectivity index (χ0v) is 18.2. The summed E-state index contributed by atoms with van der Waals surface area (Å²) in [5.74, 6) is -2.52. The number of aliphatic hydroxyl groups excluding tert-OH is 1. The molecule has 3 N–H and O–H groups in total. The minimum Gasteiger partial charge on any atom is -0.462 e. The number of esters is 1. The van der Waals surface area contributed by atoms with Gasteiger partial charge in [0.2, 0.25) is 0 Å². The normalized spacial score (nSPS) is 58.8. The lowest BCUT2D eigenvalue weighted by Crippen LogP contribution is -2.76. The van der Waals surface area contributed by atoms with E-state index < -0.39 is 35.7 Å². The third-order valence-electron chi connectivity index (χ3n) is 9.59. The van der Waals surface area contributed by atoms with Gasteiger partial charge in [0, 0.05) is 31.1 Å². The summed E-state index contributed by atoms with van der Waals surface area (Å²) >= 11 is 0. The Bertz CT molecular complexity index is 780. The van der Waals surface area contributed by atoms with Gasteiger partial charge in [-0.1, -0.05) is 13.8 Å². The molecule has 5 heterocycles. The highest BCUT2D eigenvalue weighted by Gasteiger charge is 2.82. The first-order valence-electron chi connectivity index (χ1n) is 11.4. The number of rotatable bonds is 2. The lowest BCUT2D eigenvalue weighted by molar-refractivity contribution is -0.383. The molecule has 9 nitrogen and oxygen atoms in total. The molecule has 174 valence electrons. The predicted octanol–water partition coefficient (Wildman–Crippen LogP) is 0.637. The van der Waals surface area contributed by atoms with Crippen molar-refractivity contribution in [2.24, 2.45) is 28.6 Å². The van der Waals surface area contributed by atoms with Gasteiger partial charge < -0.3 is 34.3 Å². The minimum atomic E-state index is -2.14. The number of aliphatic hydroxyl groups is 3. The van der Waals surface area contributed by atoms with Crippen LogP contribution in [0, 0.1) is 28.6 Å². The van der Waals surface area contributed by atoms with Gasteiger partial charge in [-0.3, -0.25) is 9.53 Å². The average molecular weight is 440 g/mol. The number of carbonyl (C=O) groups excluding carboxylic acids is 1. The lowest BCUT2D eigenvalue weighted by atomic mass is 9.40. The Balaban J connectivity index is 1.41. The number of fused-ring (bicyclic) bond motifs is 2. The van der Waals surface area contributed by atoms with E-state index >= 15 is 0 Å². The zero-order chi connectivity index (χ0) is 22.0. The van der Waals surface area contributed by atoms with E-state index in [4.69, 9.17) is 23.7 Å². The highest BCUT2D eigenvalue weighted by Crippen LogP contribution is 2.73. The van der Waals surface area contributed by atoms with Crippen molar-refractivity contribution in [1.29, 1.82) is 0 Å². The van der Waals surface area contributed by atoms with E-state index in [1.165, 1.54) is 6.92 Å². The topological polar surface area (TPSA) is 127 Å². The van der Waals surface area contributed by atoms with Crippen molar-refractivity contribution in [2.75, 3.05) is 6.61 Å². The van der Waals surface area contributed by atoms with Crippen molar-refractivity contribution < 1.29 is 43.8 Å². The Labute approximate surface area is 180 Å². The third-order valence-corrected chi connectivity index (χ3v) is 9.59. The molecule has 11 atom stereocenters. The van der Waals surface area contributed by atoms with Crippen LogP contribution in [-0.2, 0) is 28.5 Å². The third kappa shape index (κ3) is 2.54. The van der Waals surface area contributed by atoms with E-state index in [9.17, 15) is 20.1 Å². The molecule has 5 saturated heterocycles. The van der Waals surface area contributed by atoms with Crippen molar-refractivity contribution in [2.45, 2.75) is 95.3 Å². The van der Waals surface area contributed by atoms with Crippen LogP contribution < -0.4 is 0 Å². The van der Waals surface area contributed by atoms with Gasteiger partial charge in [0.15, 0.2) is 12.6 Å². The second-order valence-electron chi connectivity index (χ2n) is 11.0. The maximum absolute atomic E-state index is 12.0. The van der Waals surface area contributed by atoms with Gasteiger partial charge in [-0.15, -0.1) is 0 Å². The molecule has 2 bridgehead atoms. The number of hydrogen-bond donors (Lipinski definition) is 3. The Kier molecular flexibility index (Phi) is 4.15. The molecule has 0 amide bonds. The largest absolute Gasteiger partial charge is 0.462 e. The molecule has 7 rings (SSSR count). The van der Waals surface area contributed by atoms with Crippen molar-refractivity contribution in [3.05, 3.63) is 0 Å². The number of ether oxygens (including phenoxy) is 5. The fraction of sp³-hybridized carbons (Fsp3) is 0.955. The number of epoxide rings is 1. The number of hydrogen-bond acceptors (Lipinski definition) is 9. The Morgan fingerprint density at radius 3 is 2.52 bits per heavy atom. The van der Waals surface area contributed by atoms with Crippen LogP contribution in [0.2, 0.25) is 0 Å². The molecule has 31 heavy (non-hydrogen) atoms. The molecule has 5 aliphatic heterocycles. The van der Waals surface area contributed by atoms with Crippen molar-refractivity contribution in [3.63, 3.8) is 0 Å². The molecule has 2 saturated carbocycles. The van der Waals surface area contributed by atoms with E-state index in [-0.39, 0.29) is 47.8 Å². The fourth-order valence-electron chi connectivity index (χ4n) is 8.09. The molecular formula is C22H32O9. The first-order chi connectivity index (χ1) is 14.5. The minimum absolute atomic E-state index is 0.0464. The van der Waals surface area contributed by atoms with Crippen molar-refractivity contribution >= 4 is 5.97 Å². The molecule has 0 aromatic heterocycles. The van der Waals surface area contributed by atoms with Gasteiger partial charge in [-0.05, 0) is 31.1 Å². The molecule has 2 spiro atoms. The Hall–Kier alpha value is -0.810. The van der Waals surface area contributed by atoms with Gasteiger partial charge in [-0.2, -0.15) is 0 Å². The second kappa shape index (κ2) is 6.20. The first-order valence-corrected chi connectivity index (χ1v) is 11.4. The van der Waals surface area contributed by atoms with E-state index in [0.29, 0.717) is 25.9 Å². The van der Waals surface area contributed by atoms with E-state index in [1.54, 1.807) is 0 Å². The maximum atomic E-state index is 12.0. The van der Waals surface area contributed by atoms with Gasteiger partial charge in [-0.25, -0.2) is 0 Å². The lowest BCUT2D eigenvalue weighted by Gasteiger charge is -2.68. The Morgan fingerprint density at radius 1 is 1.13 bits per heavy atom. The highest BCUT2D eigenvalue weighted by atomic mass is 16.8. The molecule has 0 aromatic carbocycles. The van der Waals surface area contributed by atoms with Crippen molar-refractivity contribution in [3.8, 4) is 0 Å². The van der Waals surface area contributed by atoms with Crippen LogP contribution in [-0.4, -0.2) is 70.4 Å². The van der Waals surface area contributed by atoms with Crippen LogP contribution in [0.5, 0.6) is 0 Å². The Morgan fingerprint density at radius 2 is 1.87 bits per heavy atom. The highest BCUT2D eigenvalue weighted by molar-refractivity contribution is 5.66. The average Bonchev–Trinajstić information content (AvgIpc) is 3.20. The molecule has 0 radical (unpaired) electrons. The SMILES string of the molecule is CC(=O)O[C@H]1C[C@@H](C)[C@](C)([C@@H]2C[C@H]3CC(O)(O)O[C@H]3O2)[C@H]2C[C@@H]3C[C@]4(CO4)[C@]12[C@@H](O)O3. The van der Waals surface area contributed by atoms with Crippen LogP contribution in [0.1, 0.15) is 52.9 Å². The second-order valence-corrected chi connectivity index (χ2v) is 11.0. The van der Waals surface area contributed by atoms with Gasteiger partial charge in [0.1, 0.15) is 11.7 Å². The first kappa shape index (κ1) is 20.8. The summed E-state index contributed by atoms with van der Waals surface area (Å²) in [5.41, 5.74) is -1.76. The molecule has 0 aromatic rings. The fourth-order valence-corrected chi connectivity index (χ4v) is 8.09. The smallest absolute Gasteiger partial charge is 0.302 e. The monoisotopic (exact) mass is 440 g/mol. The molecule has 7 fully saturated rings. The van der Waals surface area contributed by atoms with Crippen LogP contribution in [0.3, 0.4) is 0 Å². The molecule has 0 unspecified atom stereocenters.